The summed E-state index contributed by atoms with van der Waals surface area (Å²) in [4.78, 5) is 15.7. The van der Waals surface area contributed by atoms with Crippen LogP contribution in [0.1, 0.15) is 13.8 Å². The maximum atomic E-state index is 11.6. The number of nitrogens with zero attached hydrogens (tertiary/aromatic N) is 2. The first-order valence-electron chi connectivity index (χ1n) is 5.29. The Bertz CT molecular complexity index is 541. The van der Waals surface area contributed by atoms with Crippen molar-refractivity contribution >= 4 is 11.2 Å². The van der Waals surface area contributed by atoms with E-state index in [1.165, 1.54) is 4.57 Å². The molecule has 2 aromatic rings. The fourth-order valence-electron chi connectivity index (χ4n) is 1.48. The number of fused-ring (bicyclic) bond motifs is 1. The molecule has 1 unspecified atom stereocenters. The van der Waals surface area contributed by atoms with E-state index in [1.807, 2.05) is 13.8 Å². The van der Waals surface area contributed by atoms with Crippen LogP contribution in [0.3, 0.4) is 0 Å². The van der Waals surface area contributed by atoms with E-state index in [9.17, 15) is 4.79 Å². The fourth-order valence-corrected chi connectivity index (χ4v) is 1.48. The van der Waals surface area contributed by atoms with Gasteiger partial charge in [0.05, 0.1) is 0 Å². The highest BCUT2D eigenvalue weighted by Crippen LogP contribution is 2.10. The Balaban J connectivity index is 2.44. The number of oxazole rings is 1. The smallest absolute Gasteiger partial charge is 0.406 e. The van der Waals surface area contributed by atoms with Gasteiger partial charge in [-0.25, -0.2) is 9.78 Å². The van der Waals surface area contributed by atoms with Crippen molar-refractivity contribution in [3.8, 4) is 0 Å². The number of pyridine rings is 1. The van der Waals surface area contributed by atoms with E-state index >= 15 is 0 Å². The highest BCUT2D eigenvalue weighted by Gasteiger charge is 2.15. The van der Waals surface area contributed by atoms with Gasteiger partial charge in [-0.2, -0.15) is 0 Å². The van der Waals surface area contributed by atoms with Crippen molar-refractivity contribution in [2.75, 3.05) is 0 Å². The average molecular weight is 221 g/mol. The van der Waals surface area contributed by atoms with E-state index in [4.69, 9.17) is 10.2 Å². The SMILES string of the molecule is CC(C)C(N)Cn1c(=O)oc2cccnc21. The molecule has 2 N–H and O–H groups in total. The second-order valence-corrected chi connectivity index (χ2v) is 4.21. The molecule has 16 heavy (non-hydrogen) atoms. The largest absolute Gasteiger partial charge is 0.421 e. The van der Waals surface area contributed by atoms with Gasteiger partial charge in [0, 0.05) is 18.8 Å². The number of hydrogen-bond donors (Lipinski definition) is 1. The molecule has 1 atom stereocenters. The molecule has 0 amide bonds. The molecule has 0 aliphatic heterocycles. The molecule has 2 rings (SSSR count). The Hall–Kier alpha value is -1.62. The minimum atomic E-state index is -0.398. The summed E-state index contributed by atoms with van der Waals surface area (Å²) in [6.45, 7) is 4.47. The van der Waals surface area contributed by atoms with Gasteiger partial charge < -0.3 is 10.2 Å². The van der Waals surface area contributed by atoms with E-state index in [1.54, 1.807) is 18.3 Å². The van der Waals surface area contributed by atoms with Crippen LogP contribution in [-0.2, 0) is 6.54 Å². The van der Waals surface area contributed by atoms with E-state index in [0.29, 0.717) is 23.7 Å². The quantitative estimate of drug-likeness (QED) is 0.838. The first-order valence-corrected chi connectivity index (χ1v) is 5.29. The van der Waals surface area contributed by atoms with Crippen LogP contribution in [-0.4, -0.2) is 15.6 Å². The van der Waals surface area contributed by atoms with Crippen molar-refractivity contribution in [2.45, 2.75) is 26.4 Å². The van der Waals surface area contributed by atoms with E-state index in [2.05, 4.69) is 4.98 Å². The minimum absolute atomic E-state index is 0.0829. The summed E-state index contributed by atoms with van der Waals surface area (Å²) in [5.74, 6) is -0.0923. The van der Waals surface area contributed by atoms with Gasteiger partial charge in [0.25, 0.3) is 0 Å². The Morgan fingerprint density at radius 2 is 2.31 bits per heavy atom. The minimum Gasteiger partial charge on any atom is -0.406 e. The van der Waals surface area contributed by atoms with E-state index in [0.717, 1.165) is 0 Å². The summed E-state index contributed by atoms with van der Waals surface area (Å²) in [6, 6.07) is 3.37. The van der Waals surface area contributed by atoms with Crippen LogP contribution in [0.2, 0.25) is 0 Å². The second kappa shape index (κ2) is 4.09. The maximum Gasteiger partial charge on any atom is 0.421 e. The molecular formula is C11H15N3O2. The lowest BCUT2D eigenvalue weighted by molar-refractivity contribution is 0.410. The van der Waals surface area contributed by atoms with Gasteiger partial charge >= 0.3 is 5.76 Å². The molecule has 0 aromatic carbocycles. The lowest BCUT2D eigenvalue weighted by Gasteiger charge is -2.14. The van der Waals surface area contributed by atoms with Crippen LogP contribution in [0.5, 0.6) is 0 Å². The van der Waals surface area contributed by atoms with Crippen LogP contribution in [0, 0.1) is 5.92 Å². The van der Waals surface area contributed by atoms with Gasteiger partial charge in [0.15, 0.2) is 11.2 Å². The topological polar surface area (TPSA) is 74.0 Å². The molecule has 2 heterocycles. The molecular weight excluding hydrogens is 206 g/mol. The molecule has 0 aliphatic carbocycles. The first kappa shape index (κ1) is 10.9. The molecule has 5 heteroatoms. The standard InChI is InChI=1S/C11H15N3O2/c1-7(2)8(12)6-14-10-9(16-11(14)15)4-3-5-13-10/h3-5,7-8H,6,12H2,1-2H3. The Labute approximate surface area is 92.9 Å². The zero-order valence-electron chi connectivity index (χ0n) is 9.38. The van der Waals surface area contributed by atoms with Crippen molar-refractivity contribution in [3.63, 3.8) is 0 Å². The average Bonchev–Trinajstić information content (AvgIpc) is 2.55. The van der Waals surface area contributed by atoms with Gasteiger partial charge in [-0.05, 0) is 18.1 Å². The van der Waals surface area contributed by atoms with Crippen LogP contribution in [0.25, 0.3) is 11.2 Å². The van der Waals surface area contributed by atoms with Crippen molar-refractivity contribution in [1.29, 1.82) is 0 Å². The monoisotopic (exact) mass is 221 g/mol. The number of nitrogens with two attached hydrogens (primary N) is 1. The summed E-state index contributed by atoms with van der Waals surface area (Å²) < 4.78 is 6.56. The second-order valence-electron chi connectivity index (χ2n) is 4.21. The maximum absolute atomic E-state index is 11.6. The molecule has 0 saturated heterocycles. The molecule has 0 radical (unpaired) electrons. The van der Waals surface area contributed by atoms with E-state index in [-0.39, 0.29) is 6.04 Å². The molecule has 5 nitrogen and oxygen atoms in total. The summed E-state index contributed by atoms with van der Waals surface area (Å²) >= 11 is 0. The molecule has 0 aliphatic rings. The zero-order valence-corrected chi connectivity index (χ0v) is 9.38. The van der Waals surface area contributed by atoms with Gasteiger partial charge in [-0.15, -0.1) is 0 Å². The highest BCUT2D eigenvalue weighted by molar-refractivity contribution is 5.67. The van der Waals surface area contributed by atoms with Gasteiger partial charge in [-0.1, -0.05) is 13.8 Å². The molecule has 0 bridgehead atoms. The van der Waals surface area contributed by atoms with Crippen LogP contribution in [0.4, 0.5) is 0 Å². The Morgan fingerprint density at radius 1 is 1.56 bits per heavy atom. The highest BCUT2D eigenvalue weighted by atomic mass is 16.4. The van der Waals surface area contributed by atoms with Crippen molar-refractivity contribution < 1.29 is 4.42 Å². The third-order valence-corrected chi connectivity index (χ3v) is 2.67. The summed E-state index contributed by atoms with van der Waals surface area (Å²) in [6.07, 6.45) is 1.63. The number of rotatable bonds is 3. The van der Waals surface area contributed by atoms with E-state index < -0.39 is 5.76 Å². The van der Waals surface area contributed by atoms with Gasteiger partial charge in [0.1, 0.15) is 0 Å². The molecule has 0 spiro atoms. The van der Waals surface area contributed by atoms with Crippen molar-refractivity contribution in [2.24, 2.45) is 11.7 Å². The summed E-state index contributed by atoms with van der Waals surface area (Å²) in [7, 11) is 0. The molecule has 0 saturated carbocycles. The summed E-state index contributed by atoms with van der Waals surface area (Å²) in [5, 5.41) is 0. The normalized spacial score (nSPS) is 13.5. The molecule has 86 valence electrons. The first-order chi connectivity index (χ1) is 7.59. The summed E-state index contributed by atoms with van der Waals surface area (Å²) in [5.41, 5.74) is 7.00. The predicted molar refractivity (Wildman–Crippen MR) is 61.1 cm³/mol. The van der Waals surface area contributed by atoms with Crippen molar-refractivity contribution in [1.82, 2.24) is 9.55 Å². The van der Waals surface area contributed by atoms with Gasteiger partial charge in [0.2, 0.25) is 0 Å². The molecule has 0 fully saturated rings. The Morgan fingerprint density at radius 3 is 3.00 bits per heavy atom. The predicted octanol–water partition coefficient (Wildman–Crippen LogP) is 0.973. The lowest BCUT2D eigenvalue weighted by Crippen LogP contribution is -2.34. The Kier molecular flexibility index (Phi) is 2.78. The van der Waals surface area contributed by atoms with Crippen molar-refractivity contribution in [3.05, 3.63) is 28.9 Å². The van der Waals surface area contributed by atoms with Gasteiger partial charge in [-0.3, -0.25) is 4.57 Å². The lowest BCUT2D eigenvalue weighted by atomic mass is 10.1. The van der Waals surface area contributed by atoms with Crippen LogP contribution in [0.15, 0.2) is 27.5 Å². The zero-order chi connectivity index (χ0) is 11.7. The van der Waals surface area contributed by atoms with Crippen LogP contribution < -0.4 is 11.5 Å². The number of hydrogen-bond acceptors (Lipinski definition) is 4. The number of aromatic nitrogens is 2. The third kappa shape index (κ3) is 1.86. The van der Waals surface area contributed by atoms with Crippen LogP contribution >= 0.6 is 0 Å². The fraction of sp³-hybridized carbons (Fsp3) is 0.455. The molecule has 2 aromatic heterocycles. The third-order valence-electron chi connectivity index (χ3n) is 2.67.